The van der Waals surface area contributed by atoms with Crippen LogP contribution in [0.3, 0.4) is 0 Å². The number of anilines is 2. The molecule has 3 aromatic rings. The molecule has 0 fully saturated rings. The number of hydrogen-bond acceptors (Lipinski definition) is 5. The van der Waals surface area contributed by atoms with Crippen molar-refractivity contribution >= 4 is 29.2 Å². The zero-order valence-electron chi connectivity index (χ0n) is 15.9. The molecule has 150 valence electrons. The summed E-state index contributed by atoms with van der Waals surface area (Å²) < 4.78 is 2.78. The van der Waals surface area contributed by atoms with Crippen LogP contribution in [-0.2, 0) is 11.3 Å². The molecule has 29 heavy (non-hydrogen) atoms. The quantitative estimate of drug-likeness (QED) is 0.561. The number of nitrogens with one attached hydrogen (secondary N) is 2. The minimum atomic E-state index is -1.05. The van der Waals surface area contributed by atoms with E-state index < -0.39 is 17.9 Å². The van der Waals surface area contributed by atoms with Crippen LogP contribution in [0.1, 0.15) is 40.9 Å². The largest absolute Gasteiger partial charge is 0.480 e. The Balaban J connectivity index is 1.69. The van der Waals surface area contributed by atoms with Crippen LogP contribution in [0.25, 0.3) is 0 Å². The van der Waals surface area contributed by atoms with Crippen molar-refractivity contribution in [2.24, 2.45) is 0 Å². The van der Waals surface area contributed by atoms with Crippen molar-refractivity contribution in [2.75, 3.05) is 10.6 Å². The highest BCUT2D eigenvalue weighted by Gasteiger charge is 2.17. The van der Waals surface area contributed by atoms with E-state index in [0.29, 0.717) is 23.6 Å². The fraction of sp³-hybridized carbons (Fsp3) is 0.211. The van der Waals surface area contributed by atoms with Crippen LogP contribution >= 0.6 is 0 Å². The van der Waals surface area contributed by atoms with Crippen LogP contribution in [0.15, 0.2) is 48.8 Å². The Morgan fingerprint density at radius 3 is 2.45 bits per heavy atom. The molecule has 2 aromatic heterocycles. The number of carbonyl (C=O) groups is 3. The molecule has 0 radical (unpaired) electrons. The van der Waals surface area contributed by atoms with E-state index in [9.17, 15) is 14.4 Å². The predicted molar refractivity (Wildman–Crippen MR) is 105 cm³/mol. The zero-order valence-corrected chi connectivity index (χ0v) is 15.9. The maximum Gasteiger partial charge on any atom is 0.328 e. The number of aliphatic carboxylic acids is 1. The molecule has 0 aliphatic carbocycles. The second kappa shape index (κ2) is 8.38. The molecule has 3 N–H and O–H groups in total. The first-order valence-electron chi connectivity index (χ1n) is 8.91. The highest BCUT2D eigenvalue weighted by molar-refractivity contribution is 6.05. The Bertz CT molecular complexity index is 1050. The van der Waals surface area contributed by atoms with Gasteiger partial charge in [-0.15, -0.1) is 0 Å². The van der Waals surface area contributed by atoms with Gasteiger partial charge >= 0.3 is 5.97 Å². The number of carboxylic acid groups (broad SMARTS) is 1. The molecule has 1 atom stereocenters. The van der Waals surface area contributed by atoms with Crippen LogP contribution in [0.5, 0.6) is 0 Å². The monoisotopic (exact) mass is 396 g/mol. The average Bonchev–Trinajstić information content (AvgIpc) is 3.37. The number of benzene rings is 1. The summed E-state index contributed by atoms with van der Waals surface area (Å²) in [4.78, 5) is 35.8. The lowest BCUT2D eigenvalue weighted by Gasteiger charge is -2.09. The first-order valence-corrected chi connectivity index (χ1v) is 8.91. The van der Waals surface area contributed by atoms with Crippen molar-refractivity contribution in [1.29, 1.82) is 0 Å². The summed E-state index contributed by atoms with van der Waals surface area (Å²) in [5.41, 5.74) is 1.47. The summed E-state index contributed by atoms with van der Waals surface area (Å²) >= 11 is 0. The standard InChI is InChI=1S/C19H20N6O4/c1-3-24-16(7-9-20-24)18(27)22-14-6-4-5-13(11-14)21-17(26)15-8-10-25(23-15)12(2)19(28)29/h4-12H,3H2,1-2H3,(H,21,26)(H,22,27)(H,28,29). The summed E-state index contributed by atoms with van der Waals surface area (Å²) in [7, 11) is 0. The third-order valence-corrected chi connectivity index (χ3v) is 4.22. The van der Waals surface area contributed by atoms with Gasteiger partial charge in [0, 0.05) is 30.3 Å². The van der Waals surface area contributed by atoms with Crippen molar-refractivity contribution in [1.82, 2.24) is 19.6 Å². The van der Waals surface area contributed by atoms with Crippen LogP contribution < -0.4 is 10.6 Å². The molecule has 10 heteroatoms. The molecular formula is C19H20N6O4. The molecular weight excluding hydrogens is 376 g/mol. The third-order valence-electron chi connectivity index (χ3n) is 4.22. The first-order chi connectivity index (χ1) is 13.9. The van der Waals surface area contributed by atoms with Crippen LogP contribution in [0.2, 0.25) is 0 Å². The van der Waals surface area contributed by atoms with Crippen molar-refractivity contribution in [3.05, 3.63) is 60.2 Å². The van der Waals surface area contributed by atoms with E-state index >= 15 is 0 Å². The molecule has 2 heterocycles. The van der Waals surface area contributed by atoms with Crippen molar-refractivity contribution in [3.8, 4) is 0 Å². The van der Waals surface area contributed by atoms with Crippen molar-refractivity contribution in [3.63, 3.8) is 0 Å². The minimum Gasteiger partial charge on any atom is -0.480 e. The van der Waals surface area contributed by atoms with Crippen LogP contribution in [0.4, 0.5) is 11.4 Å². The number of amides is 2. The Hall–Kier alpha value is -3.95. The SMILES string of the molecule is CCn1nccc1C(=O)Nc1cccc(NC(=O)c2ccn(C(C)C(=O)O)n2)c1. The van der Waals surface area contributed by atoms with Gasteiger partial charge < -0.3 is 15.7 Å². The third kappa shape index (κ3) is 4.49. The van der Waals surface area contributed by atoms with E-state index in [0.717, 1.165) is 0 Å². The van der Waals surface area contributed by atoms with Crippen molar-refractivity contribution in [2.45, 2.75) is 26.4 Å². The van der Waals surface area contributed by atoms with Crippen molar-refractivity contribution < 1.29 is 19.5 Å². The summed E-state index contributed by atoms with van der Waals surface area (Å²) in [6.07, 6.45) is 2.99. The van der Waals surface area contributed by atoms with Gasteiger partial charge in [0.05, 0.1) is 0 Å². The molecule has 3 rings (SSSR count). The zero-order chi connectivity index (χ0) is 21.0. The molecule has 0 aliphatic rings. The second-order valence-electron chi connectivity index (χ2n) is 6.22. The summed E-state index contributed by atoms with van der Waals surface area (Å²) in [6.45, 7) is 3.92. The Labute approximate surface area is 166 Å². The molecule has 0 aliphatic heterocycles. The Morgan fingerprint density at radius 2 is 1.79 bits per heavy atom. The van der Waals surface area contributed by atoms with Gasteiger partial charge in [-0.1, -0.05) is 6.07 Å². The lowest BCUT2D eigenvalue weighted by Crippen LogP contribution is -2.19. The van der Waals surface area contributed by atoms with Gasteiger partial charge in [0.15, 0.2) is 5.69 Å². The molecule has 10 nitrogen and oxygen atoms in total. The van der Waals surface area contributed by atoms with Gasteiger partial charge in [-0.05, 0) is 44.2 Å². The van der Waals surface area contributed by atoms with E-state index in [-0.39, 0.29) is 11.6 Å². The Kier molecular flexibility index (Phi) is 5.72. The number of rotatable bonds is 7. The highest BCUT2D eigenvalue weighted by Crippen LogP contribution is 2.17. The summed E-state index contributed by atoms with van der Waals surface area (Å²) in [5, 5.41) is 22.5. The van der Waals surface area contributed by atoms with E-state index in [2.05, 4.69) is 20.8 Å². The lowest BCUT2D eigenvalue weighted by molar-refractivity contribution is -0.140. The average molecular weight is 396 g/mol. The molecule has 0 saturated carbocycles. The Morgan fingerprint density at radius 1 is 1.10 bits per heavy atom. The molecule has 1 unspecified atom stereocenters. The topological polar surface area (TPSA) is 131 Å². The minimum absolute atomic E-state index is 0.0828. The van der Waals surface area contributed by atoms with Crippen LogP contribution in [0, 0.1) is 0 Å². The molecule has 1 aromatic carbocycles. The van der Waals surface area contributed by atoms with E-state index in [1.807, 2.05) is 6.92 Å². The van der Waals surface area contributed by atoms with E-state index in [1.165, 1.54) is 23.9 Å². The molecule has 2 amide bonds. The lowest BCUT2D eigenvalue weighted by atomic mass is 10.2. The van der Waals surface area contributed by atoms with Gasteiger partial charge in [0.2, 0.25) is 0 Å². The second-order valence-corrected chi connectivity index (χ2v) is 6.22. The van der Waals surface area contributed by atoms with Gasteiger partial charge in [-0.3, -0.25) is 19.0 Å². The maximum atomic E-state index is 12.4. The number of carbonyl (C=O) groups excluding carboxylic acids is 2. The number of hydrogen-bond donors (Lipinski definition) is 3. The summed E-state index contributed by atoms with van der Waals surface area (Å²) in [6, 6.07) is 8.84. The molecule has 0 saturated heterocycles. The van der Waals surface area contributed by atoms with Gasteiger partial charge in [0.25, 0.3) is 11.8 Å². The predicted octanol–water partition coefficient (Wildman–Crippen LogP) is 2.25. The number of nitrogens with zero attached hydrogens (tertiary/aromatic N) is 4. The normalized spacial score (nSPS) is 11.7. The van der Waals surface area contributed by atoms with E-state index in [1.54, 1.807) is 41.2 Å². The maximum absolute atomic E-state index is 12.4. The molecule has 0 bridgehead atoms. The first kappa shape index (κ1) is 19.8. The van der Waals surface area contributed by atoms with Gasteiger partial charge in [0.1, 0.15) is 11.7 Å². The van der Waals surface area contributed by atoms with Gasteiger partial charge in [-0.25, -0.2) is 4.79 Å². The fourth-order valence-electron chi connectivity index (χ4n) is 2.63. The smallest absolute Gasteiger partial charge is 0.328 e. The number of carboxylic acids is 1. The van der Waals surface area contributed by atoms with Crippen LogP contribution in [-0.4, -0.2) is 42.5 Å². The van der Waals surface area contributed by atoms with Gasteiger partial charge in [-0.2, -0.15) is 10.2 Å². The number of aromatic nitrogens is 4. The highest BCUT2D eigenvalue weighted by atomic mass is 16.4. The summed E-state index contributed by atoms with van der Waals surface area (Å²) in [5.74, 6) is -1.85. The molecule has 0 spiro atoms. The number of aryl methyl sites for hydroxylation is 1. The van der Waals surface area contributed by atoms with E-state index in [4.69, 9.17) is 5.11 Å². The fourth-order valence-corrected chi connectivity index (χ4v) is 2.63.